The fraction of sp³-hybridized carbons (Fsp3) is 0. The molecule has 12 rings (SSSR count). The molecule has 5 heteroatoms. The SMILES string of the molecule is c1ccc(-c2cc(-c3ccccc3)cc(-c3nc(-c4ccc5ccccc5c4)nc(-c4ccc5c(ccc6ccc7ccc8nc(-c9ccccc9)oc8c7c65)c4)n3)c2)cc1. The average Bonchev–Trinajstić information content (AvgIpc) is 3.79. The van der Waals surface area contributed by atoms with Crippen molar-refractivity contribution in [1.82, 2.24) is 19.9 Å². The number of nitrogens with zero attached hydrogens (tertiary/aromatic N) is 4. The van der Waals surface area contributed by atoms with Gasteiger partial charge in [-0.25, -0.2) is 19.9 Å². The summed E-state index contributed by atoms with van der Waals surface area (Å²) in [6, 6.07) is 71.9. The minimum atomic E-state index is 0.601. The van der Waals surface area contributed by atoms with Crippen LogP contribution in [0.1, 0.15) is 0 Å². The molecule has 0 saturated carbocycles. The van der Waals surface area contributed by atoms with Crippen LogP contribution in [0.25, 0.3) is 122 Å². The Bertz CT molecular complexity index is 3580. The van der Waals surface area contributed by atoms with Crippen LogP contribution in [-0.2, 0) is 0 Å². The second-order valence-corrected chi connectivity index (χ2v) is 15.5. The Morgan fingerprint density at radius 2 is 0.754 bits per heavy atom. The van der Waals surface area contributed by atoms with Gasteiger partial charge >= 0.3 is 0 Å². The topological polar surface area (TPSA) is 64.7 Å². The van der Waals surface area contributed by atoms with Crippen LogP contribution in [-0.4, -0.2) is 19.9 Å². The van der Waals surface area contributed by atoms with Crippen LogP contribution in [0, 0.1) is 0 Å². The molecule has 0 unspecified atom stereocenters. The number of benzene rings is 10. The summed E-state index contributed by atoms with van der Waals surface area (Å²) in [5.41, 5.74) is 9.73. The van der Waals surface area contributed by atoms with Crippen molar-refractivity contribution in [3.63, 3.8) is 0 Å². The molecular formula is C56H34N4O. The predicted octanol–water partition coefficient (Wildman–Crippen LogP) is 14.6. The van der Waals surface area contributed by atoms with E-state index in [4.69, 9.17) is 24.4 Å². The van der Waals surface area contributed by atoms with Crippen molar-refractivity contribution >= 4 is 54.2 Å². The molecule has 61 heavy (non-hydrogen) atoms. The van der Waals surface area contributed by atoms with Gasteiger partial charge in [0.25, 0.3) is 0 Å². The molecule has 0 radical (unpaired) electrons. The molecule has 12 aromatic rings. The van der Waals surface area contributed by atoms with Gasteiger partial charge in [-0.05, 0) is 103 Å². The van der Waals surface area contributed by atoms with Gasteiger partial charge in [0, 0.05) is 33.0 Å². The highest BCUT2D eigenvalue weighted by Gasteiger charge is 2.18. The normalized spacial score (nSPS) is 11.6. The Labute approximate surface area is 351 Å². The summed E-state index contributed by atoms with van der Waals surface area (Å²) in [6.07, 6.45) is 0. The van der Waals surface area contributed by atoms with Crippen molar-refractivity contribution in [2.75, 3.05) is 0 Å². The van der Waals surface area contributed by atoms with E-state index in [1.165, 1.54) is 0 Å². The van der Waals surface area contributed by atoms with Crippen molar-refractivity contribution < 1.29 is 4.42 Å². The maximum atomic E-state index is 6.59. The van der Waals surface area contributed by atoms with E-state index < -0.39 is 0 Å². The fourth-order valence-electron chi connectivity index (χ4n) is 8.63. The van der Waals surface area contributed by atoms with Gasteiger partial charge in [-0.2, -0.15) is 0 Å². The molecule has 284 valence electrons. The first-order valence-corrected chi connectivity index (χ1v) is 20.4. The Morgan fingerprint density at radius 3 is 1.41 bits per heavy atom. The first-order valence-electron chi connectivity index (χ1n) is 20.4. The van der Waals surface area contributed by atoms with E-state index in [1.807, 2.05) is 48.5 Å². The maximum absolute atomic E-state index is 6.59. The third-order valence-electron chi connectivity index (χ3n) is 11.7. The van der Waals surface area contributed by atoms with Crippen LogP contribution in [0.2, 0.25) is 0 Å². The van der Waals surface area contributed by atoms with Crippen LogP contribution in [0.15, 0.2) is 211 Å². The zero-order valence-electron chi connectivity index (χ0n) is 32.8. The summed E-state index contributed by atoms with van der Waals surface area (Å²) >= 11 is 0. The molecule has 2 aromatic heterocycles. The minimum Gasteiger partial charge on any atom is -0.435 e. The van der Waals surface area contributed by atoms with Gasteiger partial charge < -0.3 is 4.42 Å². The smallest absolute Gasteiger partial charge is 0.227 e. The van der Waals surface area contributed by atoms with Gasteiger partial charge in [0.2, 0.25) is 5.89 Å². The van der Waals surface area contributed by atoms with Crippen molar-refractivity contribution in [1.29, 1.82) is 0 Å². The summed E-state index contributed by atoms with van der Waals surface area (Å²) < 4.78 is 6.59. The number of rotatable bonds is 6. The highest BCUT2D eigenvalue weighted by Crippen LogP contribution is 2.40. The molecule has 0 saturated heterocycles. The molecule has 0 aliphatic heterocycles. The molecule has 2 heterocycles. The number of hydrogen-bond donors (Lipinski definition) is 0. The van der Waals surface area contributed by atoms with E-state index in [-0.39, 0.29) is 0 Å². The Morgan fingerprint density at radius 1 is 0.279 bits per heavy atom. The van der Waals surface area contributed by atoms with Crippen LogP contribution < -0.4 is 0 Å². The van der Waals surface area contributed by atoms with E-state index in [0.717, 1.165) is 98.7 Å². The second kappa shape index (κ2) is 14.2. The van der Waals surface area contributed by atoms with Crippen molar-refractivity contribution in [2.45, 2.75) is 0 Å². The summed E-state index contributed by atoms with van der Waals surface area (Å²) in [7, 11) is 0. The maximum Gasteiger partial charge on any atom is 0.227 e. The lowest BCUT2D eigenvalue weighted by atomic mass is 9.95. The molecule has 0 aliphatic carbocycles. The molecular weight excluding hydrogens is 745 g/mol. The van der Waals surface area contributed by atoms with Crippen LogP contribution in [0.4, 0.5) is 0 Å². The lowest BCUT2D eigenvalue weighted by Crippen LogP contribution is -2.01. The lowest BCUT2D eigenvalue weighted by Gasteiger charge is -2.13. The van der Waals surface area contributed by atoms with Gasteiger partial charge in [-0.15, -0.1) is 0 Å². The summed E-state index contributed by atoms with van der Waals surface area (Å²) in [4.78, 5) is 20.6. The Kier molecular flexibility index (Phi) is 8.10. The molecule has 0 fully saturated rings. The largest absolute Gasteiger partial charge is 0.435 e. The van der Waals surface area contributed by atoms with Crippen molar-refractivity contribution in [3.8, 4) is 67.9 Å². The minimum absolute atomic E-state index is 0.601. The molecule has 0 amide bonds. The molecule has 0 bridgehead atoms. The third-order valence-corrected chi connectivity index (χ3v) is 11.7. The average molecular weight is 779 g/mol. The summed E-state index contributed by atoms with van der Waals surface area (Å²) in [5.74, 6) is 2.43. The number of aromatic nitrogens is 4. The monoisotopic (exact) mass is 778 g/mol. The standard InChI is InChI=1S/C56H34N4O/c1-4-12-35(13-5-1)45-32-46(36-14-6-2-7-15-36)34-47(33-45)55-59-53(43-25-20-37-16-10-11-19-41(37)30-43)58-54(60-55)44-26-28-48-42(31-44)24-23-38-21-22-39-27-29-49-52(51(39)50(38)48)61-56(57-49)40-17-8-3-9-18-40/h1-34H. The summed E-state index contributed by atoms with van der Waals surface area (Å²) in [5, 5.41) is 8.89. The molecule has 0 aliphatic rings. The zero-order valence-corrected chi connectivity index (χ0v) is 32.8. The number of fused-ring (bicyclic) bond motifs is 8. The van der Waals surface area contributed by atoms with Gasteiger partial charge in [0.05, 0.1) is 0 Å². The Balaban J connectivity index is 1.06. The van der Waals surface area contributed by atoms with E-state index in [9.17, 15) is 0 Å². The highest BCUT2D eigenvalue weighted by atomic mass is 16.3. The van der Waals surface area contributed by atoms with Crippen molar-refractivity contribution in [2.24, 2.45) is 0 Å². The Hall–Kier alpha value is -8.28. The predicted molar refractivity (Wildman–Crippen MR) is 250 cm³/mol. The molecule has 0 atom stereocenters. The van der Waals surface area contributed by atoms with Crippen LogP contribution in [0.5, 0.6) is 0 Å². The molecule has 0 N–H and O–H groups in total. The van der Waals surface area contributed by atoms with Gasteiger partial charge in [-0.3, -0.25) is 0 Å². The number of oxazole rings is 1. The van der Waals surface area contributed by atoms with Gasteiger partial charge in [-0.1, -0.05) is 158 Å². The third kappa shape index (κ3) is 6.19. The molecule has 10 aromatic carbocycles. The van der Waals surface area contributed by atoms with E-state index >= 15 is 0 Å². The number of hydrogen-bond acceptors (Lipinski definition) is 5. The molecule has 5 nitrogen and oxygen atoms in total. The van der Waals surface area contributed by atoms with Crippen molar-refractivity contribution in [3.05, 3.63) is 206 Å². The fourth-order valence-corrected chi connectivity index (χ4v) is 8.63. The second-order valence-electron chi connectivity index (χ2n) is 15.5. The van der Waals surface area contributed by atoms with E-state index in [0.29, 0.717) is 23.4 Å². The van der Waals surface area contributed by atoms with E-state index in [2.05, 4.69) is 158 Å². The van der Waals surface area contributed by atoms with Crippen LogP contribution >= 0.6 is 0 Å². The van der Waals surface area contributed by atoms with Gasteiger partial charge in [0.15, 0.2) is 23.1 Å². The summed E-state index contributed by atoms with van der Waals surface area (Å²) in [6.45, 7) is 0. The quantitative estimate of drug-likeness (QED) is 0.157. The molecule has 0 spiro atoms. The van der Waals surface area contributed by atoms with Gasteiger partial charge in [0.1, 0.15) is 5.52 Å². The highest BCUT2D eigenvalue weighted by molar-refractivity contribution is 6.26. The first kappa shape index (κ1) is 34.7. The van der Waals surface area contributed by atoms with E-state index in [1.54, 1.807) is 0 Å². The van der Waals surface area contributed by atoms with Crippen LogP contribution in [0.3, 0.4) is 0 Å². The lowest BCUT2D eigenvalue weighted by molar-refractivity contribution is 0.623. The zero-order chi connectivity index (χ0) is 40.3. The first-order chi connectivity index (χ1) is 30.2.